The van der Waals surface area contributed by atoms with Gasteiger partial charge in [-0.1, -0.05) is 127 Å². The fourth-order valence-corrected chi connectivity index (χ4v) is 8.94. The highest BCUT2D eigenvalue weighted by molar-refractivity contribution is 6.18. The number of para-hydroxylation sites is 3. The highest BCUT2D eigenvalue weighted by Gasteiger charge is 2.24. The first-order valence-corrected chi connectivity index (χ1v) is 19.7. The van der Waals surface area contributed by atoms with Gasteiger partial charge in [0.05, 0.1) is 22.1 Å². The minimum atomic E-state index is 0.844. The first kappa shape index (κ1) is 32.4. The molecule has 0 fully saturated rings. The Hall–Kier alpha value is -7.82. The van der Waals surface area contributed by atoms with Gasteiger partial charge in [0.15, 0.2) is 0 Å². The van der Waals surface area contributed by atoms with Crippen LogP contribution in [-0.2, 0) is 0 Å². The number of rotatable bonds is 6. The van der Waals surface area contributed by atoms with Crippen LogP contribution in [0.4, 0.5) is 17.1 Å². The molecule has 58 heavy (non-hydrogen) atoms. The molecule has 12 rings (SSSR count). The van der Waals surface area contributed by atoms with Crippen LogP contribution < -0.4 is 4.90 Å². The Balaban J connectivity index is 1.17. The van der Waals surface area contributed by atoms with Crippen molar-refractivity contribution in [3.63, 3.8) is 0 Å². The molecule has 0 aliphatic carbocycles. The van der Waals surface area contributed by atoms with Crippen molar-refractivity contribution in [1.29, 1.82) is 0 Å². The standard InChI is InChI=1S/C54H34N2O2/c1-4-14-35(15-5-1)37-24-27-45-52(32-37)58-54-41(36-16-6-2-7-17-36)29-30-48(53(45)54)55(39-26-31-51-46(33-39)44-21-11-13-23-50(44)57-51)40-25-28-43-42-20-10-12-22-47(42)56(49(43)34-40)38-18-8-3-9-19-38/h1-34H. The number of fused-ring (bicyclic) bond motifs is 9. The summed E-state index contributed by atoms with van der Waals surface area (Å²) >= 11 is 0. The Bertz CT molecular complexity index is 3500. The zero-order valence-corrected chi connectivity index (χ0v) is 31.3. The lowest BCUT2D eigenvalue weighted by Gasteiger charge is -2.27. The van der Waals surface area contributed by atoms with Gasteiger partial charge in [-0.2, -0.15) is 0 Å². The van der Waals surface area contributed by atoms with Crippen LogP contribution in [0.15, 0.2) is 215 Å². The molecule has 0 spiro atoms. The Morgan fingerprint density at radius 1 is 0.362 bits per heavy atom. The molecule has 0 saturated carbocycles. The lowest BCUT2D eigenvalue weighted by atomic mass is 9.98. The summed E-state index contributed by atoms with van der Waals surface area (Å²) in [7, 11) is 0. The van der Waals surface area contributed by atoms with E-state index in [1.165, 1.54) is 16.3 Å². The Kier molecular flexibility index (Phi) is 7.20. The molecule has 0 N–H and O–H groups in total. The molecule has 0 aliphatic rings. The number of furan rings is 2. The minimum Gasteiger partial charge on any atom is -0.456 e. The van der Waals surface area contributed by atoms with Gasteiger partial charge in [0, 0.05) is 49.6 Å². The molecule has 9 aromatic carbocycles. The molecule has 0 atom stereocenters. The largest absolute Gasteiger partial charge is 0.456 e. The second kappa shape index (κ2) is 12.9. The number of benzene rings is 9. The summed E-state index contributed by atoms with van der Waals surface area (Å²) in [6.07, 6.45) is 0. The topological polar surface area (TPSA) is 34.5 Å². The van der Waals surface area contributed by atoms with E-state index in [0.717, 1.165) is 94.4 Å². The second-order valence-electron chi connectivity index (χ2n) is 14.9. The number of hydrogen-bond acceptors (Lipinski definition) is 3. The van der Waals surface area contributed by atoms with Crippen LogP contribution in [-0.4, -0.2) is 4.57 Å². The van der Waals surface area contributed by atoms with Crippen LogP contribution in [0.25, 0.3) is 93.6 Å². The van der Waals surface area contributed by atoms with Gasteiger partial charge in [-0.3, -0.25) is 0 Å². The predicted molar refractivity (Wildman–Crippen MR) is 241 cm³/mol. The van der Waals surface area contributed by atoms with Crippen molar-refractivity contribution in [2.24, 2.45) is 0 Å². The lowest BCUT2D eigenvalue weighted by molar-refractivity contribution is 0.669. The fraction of sp³-hybridized carbons (Fsp3) is 0. The Morgan fingerprint density at radius 3 is 1.83 bits per heavy atom. The number of nitrogens with zero attached hydrogens (tertiary/aromatic N) is 2. The van der Waals surface area contributed by atoms with E-state index in [9.17, 15) is 0 Å². The predicted octanol–water partition coefficient (Wildman–Crippen LogP) is 15.4. The monoisotopic (exact) mass is 742 g/mol. The van der Waals surface area contributed by atoms with Crippen LogP contribution in [0, 0.1) is 0 Å². The maximum atomic E-state index is 7.02. The molecule has 12 aromatic rings. The molecule has 3 heterocycles. The van der Waals surface area contributed by atoms with E-state index in [1.54, 1.807) is 0 Å². The zero-order valence-electron chi connectivity index (χ0n) is 31.3. The molecule has 0 bridgehead atoms. The van der Waals surface area contributed by atoms with E-state index in [4.69, 9.17) is 8.83 Å². The average molecular weight is 743 g/mol. The highest BCUT2D eigenvalue weighted by Crippen LogP contribution is 2.48. The van der Waals surface area contributed by atoms with Gasteiger partial charge in [-0.25, -0.2) is 0 Å². The summed E-state index contributed by atoms with van der Waals surface area (Å²) in [4.78, 5) is 2.39. The summed E-state index contributed by atoms with van der Waals surface area (Å²) in [5.74, 6) is 0. The quantitative estimate of drug-likeness (QED) is 0.170. The number of anilines is 3. The van der Waals surface area contributed by atoms with Gasteiger partial charge in [0.1, 0.15) is 22.3 Å². The molecule has 4 heteroatoms. The molecule has 0 saturated heterocycles. The van der Waals surface area contributed by atoms with Crippen molar-refractivity contribution in [2.75, 3.05) is 4.90 Å². The van der Waals surface area contributed by atoms with Crippen molar-refractivity contribution in [3.8, 4) is 27.9 Å². The first-order chi connectivity index (χ1) is 28.8. The molecular formula is C54H34N2O2. The van der Waals surface area contributed by atoms with E-state index in [1.807, 2.05) is 12.1 Å². The maximum absolute atomic E-state index is 7.02. The number of hydrogen-bond donors (Lipinski definition) is 0. The molecule has 3 aromatic heterocycles. The summed E-state index contributed by atoms with van der Waals surface area (Å²) in [6, 6.07) is 73.2. The molecule has 272 valence electrons. The van der Waals surface area contributed by atoms with Gasteiger partial charge in [-0.05, 0) is 95.6 Å². The van der Waals surface area contributed by atoms with Crippen molar-refractivity contribution in [2.45, 2.75) is 0 Å². The van der Waals surface area contributed by atoms with Crippen molar-refractivity contribution < 1.29 is 8.83 Å². The van der Waals surface area contributed by atoms with Crippen molar-refractivity contribution in [1.82, 2.24) is 4.57 Å². The molecule has 4 nitrogen and oxygen atoms in total. The molecule has 0 aliphatic heterocycles. The van der Waals surface area contributed by atoms with Gasteiger partial charge < -0.3 is 18.3 Å². The van der Waals surface area contributed by atoms with Gasteiger partial charge >= 0.3 is 0 Å². The molecule has 0 amide bonds. The Morgan fingerprint density at radius 2 is 1.00 bits per heavy atom. The van der Waals surface area contributed by atoms with Gasteiger partial charge in [-0.15, -0.1) is 0 Å². The average Bonchev–Trinajstić information content (AvgIpc) is 3.97. The summed E-state index contributed by atoms with van der Waals surface area (Å²) in [5.41, 5.74) is 14.3. The van der Waals surface area contributed by atoms with Crippen LogP contribution in [0.5, 0.6) is 0 Å². The molecule has 0 unspecified atom stereocenters. The smallest absolute Gasteiger partial charge is 0.145 e. The van der Waals surface area contributed by atoms with Gasteiger partial charge in [0.2, 0.25) is 0 Å². The zero-order chi connectivity index (χ0) is 38.2. The molecular weight excluding hydrogens is 709 g/mol. The van der Waals surface area contributed by atoms with E-state index in [0.29, 0.717) is 0 Å². The summed E-state index contributed by atoms with van der Waals surface area (Å²) in [6.45, 7) is 0. The van der Waals surface area contributed by atoms with Crippen LogP contribution in [0.1, 0.15) is 0 Å². The molecule has 0 radical (unpaired) electrons. The summed E-state index contributed by atoms with van der Waals surface area (Å²) in [5, 5.41) is 6.69. The fourth-order valence-electron chi connectivity index (χ4n) is 8.94. The van der Waals surface area contributed by atoms with Crippen LogP contribution in [0.2, 0.25) is 0 Å². The SMILES string of the molecule is c1ccc(-c2ccc3c(c2)oc2c(-c4ccccc4)ccc(N(c4ccc5oc6ccccc6c5c4)c4ccc5c6ccccc6n(-c6ccccc6)c5c4)c23)cc1. The van der Waals surface area contributed by atoms with Crippen LogP contribution in [0.3, 0.4) is 0 Å². The van der Waals surface area contributed by atoms with E-state index >= 15 is 0 Å². The third kappa shape index (κ3) is 5.02. The lowest BCUT2D eigenvalue weighted by Crippen LogP contribution is -2.10. The second-order valence-corrected chi connectivity index (χ2v) is 14.9. The highest BCUT2D eigenvalue weighted by atomic mass is 16.3. The minimum absolute atomic E-state index is 0.844. The van der Waals surface area contributed by atoms with Crippen LogP contribution >= 0.6 is 0 Å². The third-order valence-electron chi connectivity index (χ3n) is 11.6. The maximum Gasteiger partial charge on any atom is 0.145 e. The first-order valence-electron chi connectivity index (χ1n) is 19.7. The normalized spacial score (nSPS) is 11.8. The van der Waals surface area contributed by atoms with E-state index in [-0.39, 0.29) is 0 Å². The van der Waals surface area contributed by atoms with Gasteiger partial charge in [0.25, 0.3) is 0 Å². The summed E-state index contributed by atoms with van der Waals surface area (Å²) < 4.78 is 15.7. The van der Waals surface area contributed by atoms with E-state index < -0.39 is 0 Å². The number of aromatic nitrogens is 1. The third-order valence-corrected chi connectivity index (χ3v) is 11.6. The van der Waals surface area contributed by atoms with Crippen molar-refractivity contribution in [3.05, 3.63) is 206 Å². The van der Waals surface area contributed by atoms with E-state index in [2.05, 4.69) is 204 Å². The van der Waals surface area contributed by atoms with Crippen molar-refractivity contribution >= 4 is 82.7 Å². The Labute approximate surface area is 334 Å².